The number of fused-ring (bicyclic) bond motifs is 1. The van der Waals surface area contributed by atoms with Crippen molar-refractivity contribution in [3.8, 4) is 17.1 Å². The van der Waals surface area contributed by atoms with Crippen LogP contribution in [0.4, 0.5) is 5.82 Å². The van der Waals surface area contributed by atoms with Gasteiger partial charge in [0.25, 0.3) is 0 Å². The second-order valence-electron chi connectivity index (χ2n) is 7.25. The Balaban J connectivity index is 1.51. The summed E-state index contributed by atoms with van der Waals surface area (Å²) in [6, 6.07) is 11.8. The van der Waals surface area contributed by atoms with E-state index < -0.39 is 0 Å². The van der Waals surface area contributed by atoms with Crippen molar-refractivity contribution in [3.63, 3.8) is 0 Å². The van der Waals surface area contributed by atoms with Crippen molar-refractivity contribution in [2.24, 2.45) is 0 Å². The van der Waals surface area contributed by atoms with Gasteiger partial charge in [0.2, 0.25) is 0 Å². The Morgan fingerprint density at radius 2 is 2.00 bits per heavy atom. The predicted octanol–water partition coefficient (Wildman–Crippen LogP) is 4.22. The molecule has 0 radical (unpaired) electrons. The Bertz CT molecular complexity index is 1180. The second kappa shape index (κ2) is 7.91. The average Bonchev–Trinajstić information content (AvgIpc) is 3.40. The van der Waals surface area contributed by atoms with Crippen molar-refractivity contribution in [2.45, 2.75) is 26.0 Å². The highest BCUT2D eigenvalue weighted by atomic mass is 35.5. The van der Waals surface area contributed by atoms with Crippen molar-refractivity contribution >= 4 is 28.5 Å². The summed E-state index contributed by atoms with van der Waals surface area (Å²) in [5.74, 6) is 2.35. The molecule has 8 heteroatoms. The fourth-order valence-electron chi connectivity index (χ4n) is 3.78. The molecule has 0 bridgehead atoms. The van der Waals surface area contributed by atoms with Crippen LogP contribution in [-0.4, -0.2) is 43.9 Å². The lowest BCUT2D eigenvalue weighted by Crippen LogP contribution is -2.25. The van der Waals surface area contributed by atoms with Crippen LogP contribution in [0.15, 0.2) is 55.0 Å². The first kappa shape index (κ1) is 18.8. The molecule has 3 aromatic heterocycles. The molecular formula is C22H21ClN6O. The number of halogens is 1. The Labute approximate surface area is 179 Å². The third kappa shape index (κ3) is 3.57. The highest BCUT2D eigenvalue weighted by molar-refractivity contribution is 6.30. The molecule has 0 saturated carbocycles. The van der Waals surface area contributed by atoms with Crippen molar-refractivity contribution in [3.05, 3.63) is 60.0 Å². The maximum Gasteiger partial charge on any atom is 0.165 e. The summed E-state index contributed by atoms with van der Waals surface area (Å²) in [4.78, 5) is 16.1. The van der Waals surface area contributed by atoms with Crippen molar-refractivity contribution in [1.29, 1.82) is 0 Å². The Morgan fingerprint density at radius 1 is 1.13 bits per heavy atom. The molecule has 5 rings (SSSR count). The van der Waals surface area contributed by atoms with Gasteiger partial charge in [-0.15, -0.1) is 0 Å². The van der Waals surface area contributed by atoms with E-state index in [1.807, 2.05) is 47.3 Å². The molecule has 4 heterocycles. The highest BCUT2D eigenvalue weighted by Gasteiger charge is 2.28. The third-order valence-corrected chi connectivity index (χ3v) is 5.44. The maximum atomic E-state index is 6.16. The first-order valence-electron chi connectivity index (χ1n) is 10.0. The Morgan fingerprint density at radius 3 is 2.80 bits per heavy atom. The summed E-state index contributed by atoms with van der Waals surface area (Å²) in [6.07, 6.45) is 6.22. The molecule has 30 heavy (non-hydrogen) atoms. The van der Waals surface area contributed by atoms with Gasteiger partial charge >= 0.3 is 0 Å². The molecule has 1 aromatic carbocycles. The summed E-state index contributed by atoms with van der Waals surface area (Å²) in [6.45, 7) is 4.39. The number of hydrogen-bond acceptors (Lipinski definition) is 6. The van der Waals surface area contributed by atoms with Gasteiger partial charge < -0.3 is 9.64 Å². The number of aromatic nitrogens is 5. The molecule has 1 aliphatic rings. The summed E-state index contributed by atoms with van der Waals surface area (Å²) < 4.78 is 8.05. The van der Waals surface area contributed by atoms with Crippen LogP contribution in [0, 0.1) is 0 Å². The highest BCUT2D eigenvalue weighted by Crippen LogP contribution is 2.31. The van der Waals surface area contributed by atoms with E-state index in [4.69, 9.17) is 26.3 Å². The maximum absolute atomic E-state index is 6.16. The van der Waals surface area contributed by atoms with Gasteiger partial charge in [0.05, 0.1) is 23.2 Å². The number of rotatable bonds is 5. The summed E-state index contributed by atoms with van der Waals surface area (Å²) in [5, 5.41) is 6.00. The van der Waals surface area contributed by atoms with E-state index in [0.29, 0.717) is 10.8 Å². The number of ether oxygens (including phenoxy) is 1. The molecule has 0 spiro atoms. The second-order valence-corrected chi connectivity index (χ2v) is 7.68. The van der Waals surface area contributed by atoms with Crippen LogP contribution in [-0.2, 0) is 6.54 Å². The lowest BCUT2D eigenvalue weighted by Gasteiger charge is -2.19. The van der Waals surface area contributed by atoms with E-state index in [0.717, 1.165) is 54.2 Å². The van der Waals surface area contributed by atoms with Crippen molar-refractivity contribution < 1.29 is 4.74 Å². The zero-order chi connectivity index (χ0) is 20.5. The summed E-state index contributed by atoms with van der Waals surface area (Å²) >= 11 is 6.15. The molecule has 1 aliphatic heterocycles. The largest absolute Gasteiger partial charge is 0.489 e. The SMILES string of the molecule is CCn1ncc2c(N3CC[C@@H](Oc4ccccc4)C3)nc(-c3cncc(Cl)c3)nc21. The van der Waals surface area contributed by atoms with Crippen LogP contribution in [0.5, 0.6) is 5.75 Å². The van der Waals surface area contributed by atoms with Crippen LogP contribution >= 0.6 is 11.6 Å². The number of anilines is 1. The van der Waals surface area contributed by atoms with Crippen LogP contribution in [0.3, 0.4) is 0 Å². The summed E-state index contributed by atoms with van der Waals surface area (Å²) in [7, 11) is 0. The molecule has 0 aliphatic carbocycles. The average molecular weight is 421 g/mol. The minimum Gasteiger partial charge on any atom is -0.489 e. The first-order chi connectivity index (χ1) is 14.7. The number of benzene rings is 1. The van der Waals surface area contributed by atoms with Crippen molar-refractivity contribution in [2.75, 3.05) is 18.0 Å². The number of para-hydroxylation sites is 1. The molecule has 0 unspecified atom stereocenters. The minimum atomic E-state index is 0.106. The van der Waals surface area contributed by atoms with Gasteiger partial charge in [-0.2, -0.15) is 5.10 Å². The normalized spacial score (nSPS) is 16.3. The summed E-state index contributed by atoms with van der Waals surface area (Å²) in [5.41, 5.74) is 1.59. The molecule has 4 aromatic rings. The van der Waals surface area contributed by atoms with Crippen LogP contribution < -0.4 is 9.64 Å². The molecule has 0 amide bonds. The van der Waals surface area contributed by atoms with Gasteiger partial charge in [-0.25, -0.2) is 14.6 Å². The van der Waals surface area contributed by atoms with Gasteiger partial charge in [0.15, 0.2) is 11.5 Å². The van der Waals surface area contributed by atoms with Gasteiger partial charge in [-0.1, -0.05) is 29.8 Å². The lowest BCUT2D eigenvalue weighted by molar-refractivity contribution is 0.225. The first-order valence-corrected chi connectivity index (χ1v) is 10.4. The molecule has 1 saturated heterocycles. The zero-order valence-corrected chi connectivity index (χ0v) is 17.3. The molecular weight excluding hydrogens is 400 g/mol. The Hall–Kier alpha value is -3.19. The van der Waals surface area contributed by atoms with E-state index in [9.17, 15) is 0 Å². The van der Waals surface area contributed by atoms with E-state index in [-0.39, 0.29) is 6.10 Å². The molecule has 1 fully saturated rings. The quantitative estimate of drug-likeness (QED) is 0.481. The lowest BCUT2D eigenvalue weighted by atomic mass is 10.2. The monoisotopic (exact) mass is 420 g/mol. The number of nitrogens with zero attached hydrogens (tertiary/aromatic N) is 6. The van der Waals surface area contributed by atoms with Gasteiger partial charge in [-0.05, 0) is 25.1 Å². The smallest absolute Gasteiger partial charge is 0.165 e. The van der Waals surface area contributed by atoms with Crippen LogP contribution in [0.2, 0.25) is 5.02 Å². The van der Waals surface area contributed by atoms with Gasteiger partial charge in [-0.3, -0.25) is 4.98 Å². The fraction of sp³-hybridized carbons (Fsp3) is 0.273. The molecule has 7 nitrogen and oxygen atoms in total. The fourth-order valence-corrected chi connectivity index (χ4v) is 3.96. The van der Waals surface area contributed by atoms with Gasteiger partial charge in [0, 0.05) is 37.5 Å². The van der Waals surface area contributed by atoms with Crippen LogP contribution in [0.1, 0.15) is 13.3 Å². The van der Waals surface area contributed by atoms with Crippen molar-refractivity contribution in [1.82, 2.24) is 24.7 Å². The molecule has 0 N–H and O–H groups in total. The van der Waals surface area contributed by atoms with Gasteiger partial charge in [0.1, 0.15) is 17.7 Å². The Kier molecular flexibility index (Phi) is 4.96. The minimum absolute atomic E-state index is 0.106. The third-order valence-electron chi connectivity index (χ3n) is 5.23. The number of aryl methyl sites for hydroxylation is 1. The molecule has 152 valence electrons. The van der Waals surface area contributed by atoms with E-state index in [1.165, 1.54) is 0 Å². The number of pyridine rings is 1. The van der Waals surface area contributed by atoms with E-state index in [2.05, 4.69) is 21.9 Å². The predicted molar refractivity (Wildman–Crippen MR) is 117 cm³/mol. The topological polar surface area (TPSA) is 69.0 Å². The van der Waals surface area contributed by atoms with E-state index in [1.54, 1.807) is 12.4 Å². The molecule has 1 atom stereocenters. The zero-order valence-electron chi connectivity index (χ0n) is 16.6. The van der Waals surface area contributed by atoms with E-state index >= 15 is 0 Å². The van der Waals surface area contributed by atoms with Crippen LogP contribution in [0.25, 0.3) is 22.4 Å². The standard InChI is InChI=1S/C22H21ClN6O/c1-2-29-22-19(13-25-29)21(26-20(27-22)15-10-16(23)12-24-11-15)28-9-8-18(14-28)30-17-6-4-3-5-7-17/h3-7,10-13,18H,2,8-9,14H2,1H3/t18-/m1/s1. The number of hydrogen-bond donors (Lipinski definition) is 0.